The van der Waals surface area contributed by atoms with Crippen LogP contribution in [0.15, 0.2) is 103 Å². The molecule has 0 atom stereocenters. The van der Waals surface area contributed by atoms with Gasteiger partial charge in [0.25, 0.3) is 0 Å². The van der Waals surface area contributed by atoms with Crippen molar-refractivity contribution in [1.82, 2.24) is 0 Å². The summed E-state index contributed by atoms with van der Waals surface area (Å²) in [6.07, 6.45) is 1.94. The van der Waals surface area contributed by atoms with Crippen molar-refractivity contribution >= 4 is 16.5 Å². The van der Waals surface area contributed by atoms with E-state index in [4.69, 9.17) is 18.9 Å². The summed E-state index contributed by atoms with van der Waals surface area (Å²) in [5.41, 5.74) is 9.61. The number of methoxy groups -OCH3 is 2. The van der Waals surface area contributed by atoms with E-state index in [0.29, 0.717) is 13.2 Å². The molecule has 5 aromatic carbocycles. The SMILES string of the molecule is COC1(OC)c2ccc(-c3cccc(C4(c5ccc(N(C)C)cc5)OCCCCO4)c3)cc2-c2cccc3cccc1c23. The van der Waals surface area contributed by atoms with E-state index in [-0.39, 0.29) is 0 Å². The van der Waals surface area contributed by atoms with E-state index in [1.165, 1.54) is 5.56 Å². The quantitative estimate of drug-likeness (QED) is 0.193. The van der Waals surface area contributed by atoms with Crippen LogP contribution in [0, 0.1) is 0 Å². The summed E-state index contributed by atoms with van der Waals surface area (Å²) in [7, 11) is 7.53. The zero-order valence-corrected chi connectivity index (χ0v) is 25.2. The molecular weight excluding hydrogens is 534 g/mol. The number of rotatable bonds is 6. The molecule has 5 nitrogen and oxygen atoms in total. The van der Waals surface area contributed by atoms with Crippen LogP contribution < -0.4 is 4.90 Å². The normalized spacial score (nSPS) is 16.8. The topological polar surface area (TPSA) is 40.2 Å². The maximum atomic E-state index is 6.61. The van der Waals surface area contributed by atoms with Crippen molar-refractivity contribution in [3.05, 3.63) is 125 Å². The van der Waals surface area contributed by atoms with Gasteiger partial charge in [-0.1, -0.05) is 78.9 Å². The minimum absolute atomic E-state index is 0.637. The lowest BCUT2D eigenvalue weighted by Crippen LogP contribution is -2.35. The van der Waals surface area contributed by atoms with Gasteiger partial charge >= 0.3 is 0 Å². The maximum Gasteiger partial charge on any atom is 0.223 e. The van der Waals surface area contributed by atoms with Crippen LogP contribution >= 0.6 is 0 Å². The highest BCUT2D eigenvalue weighted by Gasteiger charge is 2.42. The van der Waals surface area contributed by atoms with Gasteiger partial charge in [-0.3, -0.25) is 0 Å². The van der Waals surface area contributed by atoms with Crippen LogP contribution in [-0.2, 0) is 30.5 Å². The number of fused-ring (bicyclic) bond motifs is 2. The largest absolute Gasteiger partial charge is 0.378 e. The number of ether oxygens (including phenoxy) is 4. The fourth-order valence-corrected chi connectivity index (χ4v) is 6.80. The van der Waals surface area contributed by atoms with E-state index < -0.39 is 11.6 Å². The van der Waals surface area contributed by atoms with Crippen molar-refractivity contribution in [1.29, 1.82) is 0 Å². The van der Waals surface area contributed by atoms with Gasteiger partial charge in [-0.2, -0.15) is 0 Å². The van der Waals surface area contributed by atoms with Gasteiger partial charge in [0, 0.05) is 56.3 Å². The average Bonchev–Trinajstić information content (AvgIpc) is 3.33. The van der Waals surface area contributed by atoms with Crippen molar-refractivity contribution in [3.8, 4) is 22.3 Å². The Balaban J connectivity index is 1.38. The standard InChI is InChI=1S/C38H37NO4/c1-39(2)31-19-17-29(18-20-31)37(42-22-5-6-23-43-37)30-13-7-12-27(24-30)28-16-21-34-33(25-28)32-14-8-10-26-11-9-15-35(36(26)32)38(34,40-3)41-4/h7-21,24-25H,5-6,22-23H2,1-4H3. The Hall–Kier alpha value is -4.00. The third-order valence-electron chi connectivity index (χ3n) is 8.99. The van der Waals surface area contributed by atoms with E-state index in [1.54, 1.807) is 14.2 Å². The van der Waals surface area contributed by atoms with E-state index >= 15 is 0 Å². The molecule has 1 aliphatic heterocycles. The molecule has 5 heteroatoms. The molecule has 0 amide bonds. The Morgan fingerprint density at radius 1 is 0.628 bits per heavy atom. The first-order chi connectivity index (χ1) is 21.0. The molecule has 7 rings (SSSR count). The molecule has 0 aromatic heterocycles. The molecule has 43 heavy (non-hydrogen) atoms. The summed E-state index contributed by atoms with van der Waals surface area (Å²) < 4.78 is 25.6. The van der Waals surface area contributed by atoms with Crippen molar-refractivity contribution < 1.29 is 18.9 Å². The zero-order chi connectivity index (χ0) is 29.6. The summed E-state index contributed by atoms with van der Waals surface area (Å²) in [5.74, 6) is -1.97. The van der Waals surface area contributed by atoms with E-state index in [0.717, 1.165) is 68.2 Å². The van der Waals surface area contributed by atoms with Gasteiger partial charge in [-0.15, -0.1) is 0 Å². The number of benzene rings is 5. The van der Waals surface area contributed by atoms with Crippen LogP contribution in [0.25, 0.3) is 33.0 Å². The minimum atomic E-state index is -0.992. The molecule has 0 bridgehead atoms. The zero-order valence-electron chi connectivity index (χ0n) is 25.2. The molecule has 0 unspecified atom stereocenters. The lowest BCUT2D eigenvalue weighted by atomic mass is 9.78. The van der Waals surface area contributed by atoms with E-state index in [9.17, 15) is 0 Å². The number of nitrogens with zero attached hydrogens (tertiary/aromatic N) is 1. The Labute approximate surface area is 253 Å². The first-order valence-electron chi connectivity index (χ1n) is 14.9. The molecule has 0 radical (unpaired) electrons. The second-order valence-corrected chi connectivity index (χ2v) is 11.5. The molecular formula is C38H37NO4. The van der Waals surface area contributed by atoms with Gasteiger partial charge in [-0.25, -0.2) is 0 Å². The number of hydrogen-bond acceptors (Lipinski definition) is 5. The lowest BCUT2D eigenvalue weighted by molar-refractivity contribution is -0.204. The van der Waals surface area contributed by atoms with Gasteiger partial charge in [0.05, 0.1) is 13.2 Å². The predicted molar refractivity (Wildman–Crippen MR) is 172 cm³/mol. The second-order valence-electron chi connectivity index (χ2n) is 11.5. The van der Waals surface area contributed by atoms with E-state index in [2.05, 4.69) is 108 Å². The monoisotopic (exact) mass is 571 g/mol. The summed E-state index contributed by atoms with van der Waals surface area (Å²) in [5, 5.41) is 2.32. The van der Waals surface area contributed by atoms with Crippen LogP contribution in [0.5, 0.6) is 0 Å². The van der Waals surface area contributed by atoms with Gasteiger partial charge in [0.1, 0.15) is 0 Å². The summed E-state index contributed by atoms with van der Waals surface area (Å²) in [6, 6.07) is 36.4. The molecule has 1 fully saturated rings. The smallest absolute Gasteiger partial charge is 0.223 e. The van der Waals surface area contributed by atoms with Crippen molar-refractivity contribution in [2.75, 3.05) is 46.4 Å². The van der Waals surface area contributed by atoms with Crippen molar-refractivity contribution in [3.63, 3.8) is 0 Å². The maximum absolute atomic E-state index is 6.61. The highest BCUT2D eigenvalue weighted by atomic mass is 16.7. The van der Waals surface area contributed by atoms with Crippen LogP contribution in [0.3, 0.4) is 0 Å². The van der Waals surface area contributed by atoms with Gasteiger partial charge < -0.3 is 23.8 Å². The van der Waals surface area contributed by atoms with E-state index in [1.807, 2.05) is 14.1 Å². The first kappa shape index (κ1) is 27.8. The highest BCUT2D eigenvalue weighted by Crippen LogP contribution is 2.50. The fourth-order valence-electron chi connectivity index (χ4n) is 6.80. The first-order valence-corrected chi connectivity index (χ1v) is 14.9. The molecule has 2 aliphatic rings. The molecule has 0 saturated carbocycles. The second kappa shape index (κ2) is 10.9. The third kappa shape index (κ3) is 4.38. The molecule has 218 valence electrons. The summed E-state index contributed by atoms with van der Waals surface area (Å²) >= 11 is 0. The van der Waals surface area contributed by atoms with Crippen LogP contribution in [0.4, 0.5) is 5.69 Å². The molecule has 1 heterocycles. The molecule has 0 N–H and O–H groups in total. The predicted octanol–water partition coefficient (Wildman–Crippen LogP) is 8.08. The van der Waals surface area contributed by atoms with Crippen LogP contribution in [-0.4, -0.2) is 41.5 Å². The Morgan fingerprint density at radius 3 is 2.00 bits per heavy atom. The molecule has 1 aliphatic carbocycles. The fraction of sp³-hybridized carbons (Fsp3) is 0.263. The Kier molecular flexibility index (Phi) is 7.07. The van der Waals surface area contributed by atoms with Gasteiger partial charge in [-0.05, 0) is 70.1 Å². The van der Waals surface area contributed by atoms with Crippen LogP contribution in [0.2, 0.25) is 0 Å². The van der Waals surface area contributed by atoms with Gasteiger partial charge in [0.2, 0.25) is 11.6 Å². The Morgan fingerprint density at radius 2 is 1.30 bits per heavy atom. The average molecular weight is 572 g/mol. The summed E-state index contributed by atoms with van der Waals surface area (Å²) in [4.78, 5) is 2.10. The summed E-state index contributed by atoms with van der Waals surface area (Å²) in [6.45, 7) is 1.27. The third-order valence-corrected chi connectivity index (χ3v) is 8.99. The Bertz CT molecular complexity index is 1780. The van der Waals surface area contributed by atoms with Gasteiger partial charge in [0.15, 0.2) is 0 Å². The number of hydrogen-bond donors (Lipinski definition) is 0. The van der Waals surface area contributed by atoms with Crippen molar-refractivity contribution in [2.24, 2.45) is 0 Å². The molecule has 0 spiro atoms. The van der Waals surface area contributed by atoms with Crippen LogP contribution in [0.1, 0.15) is 35.1 Å². The van der Waals surface area contributed by atoms with Crippen molar-refractivity contribution in [2.45, 2.75) is 24.4 Å². The number of anilines is 1. The molecule has 5 aromatic rings. The lowest BCUT2D eigenvalue weighted by Gasteiger charge is -2.38. The minimum Gasteiger partial charge on any atom is -0.378 e. The highest BCUT2D eigenvalue weighted by molar-refractivity contribution is 6.03. The molecule has 1 saturated heterocycles.